The second-order valence-corrected chi connectivity index (χ2v) is 5.79. The number of benzene rings is 1. The van der Waals surface area contributed by atoms with Gasteiger partial charge in [0.05, 0.1) is 13.2 Å². The van der Waals surface area contributed by atoms with E-state index >= 15 is 0 Å². The number of rotatable bonds is 8. The fourth-order valence-corrected chi connectivity index (χ4v) is 2.57. The molecule has 0 unspecified atom stereocenters. The Kier molecular flexibility index (Phi) is 6.63. The molecule has 4 heteroatoms. The molecule has 0 aliphatic rings. The number of ether oxygens (including phenoxy) is 2. The molecule has 0 spiro atoms. The summed E-state index contributed by atoms with van der Waals surface area (Å²) in [5, 5.41) is 3.92. The highest BCUT2D eigenvalue weighted by Crippen LogP contribution is 2.40. The van der Waals surface area contributed by atoms with Crippen molar-refractivity contribution in [3.8, 4) is 11.5 Å². The van der Waals surface area contributed by atoms with Crippen molar-refractivity contribution in [3.63, 3.8) is 0 Å². The van der Waals surface area contributed by atoms with Crippen molar-refractivity contribution in [2.45, 2.75) is 39.5 Å². The van der Waals surface area contributed by atoms with Gasteiger partial charge in [0.1, 0.15) is 0 Å². The molecule has 0 aliphatic heterocycles. The molecular formula is C16H26ClNO2. The quantitative estimate of drug-likeness (QED) is 0.786. The average molecular weight is 300 g/mol. The smallest absolute Gasteiger partial charge is 0.162 e. The Balaban J connectivity index is 3.16. The number of nitrogens with one attached hydrogen (secondary N) is 1. The molecule has 0 saturated carbocycles. The summed E-state index contributed by atoms with van der Waals surface area (Å²) in [6, 6.07) is 3.89. The molecule has 20 heavy (non-hydrogen) atoms. The van der Waals surface area contributed by atoms with E-state index in [1.54, 1.807) is 0 Å². The molecular weight excluding hydrogens is 274 g/mol. The lowest BCUT2D eigenvalue weighted by Gasteiger charge is -2.27. The van der Waals surface area contributed by atoms with E-state index in [0.29, 0.717) is 19.0 Å². The maximum absolute atomic E-state index is 6.44. The van der Waals surface area contributed by atoms with Gasteiger partial charge in [-0.15, -0.1) is 0 Å². The van der Waals surface area contributed by atoms with Crippen molar-refractivity contribution in [1.82, 2.24) is 5.32 Å². The Morgan fingerprint density at radius 2 is 1.65 bits per heavy atom. The van der Waals surface area contributed by atoms with Crippen LogP contribution in [0.25, 0.3) is 0 Å². The van der Waals surface area contributed by atoms with Gasteiger partial charge in [-0.1, -0.05) is 25.4 Å². The van der Waals surface area contributed by atoms with Crippen LogP contribution in [0.3, 0.4) is 0 Å². The summed E-state index contributed by atoms with van der Waals surface area (Å²) < 4.78 is 11.3. The fourth-order valence-electron chi connectivity index (χ4n) is 2.16. The van der Waals surface area contributed by atoms with Crippen molar-refractivity contribution in [1.29, 1.82) is 0 Å². The molecule has 0 bridgehead atoms. The molecule has 1 rings (SSSR count). The number of halogens is 1. The monoisotopic (exact) mass is 299 g/mol. The molecule has 3 nitrogen and oxygen atoms in total. The van der Waals surface area contributed by atoms with E-state index < -0.39 is 0 Å². The SMILES string of the molecule is CCOc1cc(Cl)c(C(C)(C)CCNC)cc1OCC. The topological polar surface area (TPSA) is 30.5 Å². The lowest BCUT2D eigenvalue weighted by Crippen LogP contribution is -2.24. The van der Waals surface area contributed by atoms with Crippen LogP contribution in [0.5, 0.6) is 11.5 Å². The molecule has 0 fully saturated rings. The van der Waals surface area contributed by atoms with Gasteiger partial charge in [0.2, 0.25) is 0 Å². The van der Waals surface area contributed by atoms with Gasteiger partial charge in [-0.2, -0.15) is 0 Å². The van der Waals surface area contributed by atoms with Crippen LogP contribution in [0.4, 0.5) is 0 Å². The van der Waals surface area contributed by atoms with E-state index in [4.69, 9.17) is 21.1 Å². The molecule has 0 saturated heterocycles. The maximum atomic E-state index is 6.44. The van der Waals surface area contributed by atoms with Crippen LogP contribution in [-0.2, 0) is 5.41 Å². The zero-order chi connectivity index (χ0) is 15.2. The van der Waals surface area contributed by atoms with Crippen molar-refractivity contribution in [3.05, 3.63) is 22.7 Å². The molecule has 0 aromatic heterocycles. The normalized spacial score (nSPS) is 11.5. The highest BCUT2D eigenvalue weighted by molar-refractivity contribution is 6.31. The highest BCUT2D eigenvalue weighted by atomic mass is 35.5. The molecule has 0 amide bonds. The molecule has 0 aliphatic carbocycles. The predicted molar refractivity (Wildman–Crippen MR) is 85.4 cm³/mol. The Bertz CT molecular complexity index is 433. The first-order chi connectivity index (χ1) is 9.46. The Morgan fingerprint density at radius 1 is 1.10 bits per heavy atom. The zero-order valence-electron chi connectivity index (χ0n) is 13.2. The highest BCUT2D eigenvalue weighted by Gasteiger charge is 2.25. The lowest BCUT2D eigenvalue weighted by atomic mass is 9.81. The van der Waals surface area contributed by atoms with E-state index in [9.17, 15) is 0 Å². The molecule has 0 radical (unpaired) electrons. The summed E-state index contributed by atoms with van der Waals surface area (Å²) in [4.78, 5) is 0. The van der Waals surface area contributed by atoms with Crippen molar-refractivity contribution < 1.29 is 9.47 Å². The molecule has 0 heterocycles. The standard InChI is InChI=1S/C16H26ClNO2/c1-6-19-14-10-12(16(3,4)8-9-18-5)13(17)11-15(14)20-7-2/h10-11,18H,6-9H2,1-5H3. The van der Waals surface area contributed by atoms with E-state index in [2.05, 4.69) is 19.2 Å². The third kappa shape index (κ3) is 4.29. The van der Waals surface area contributed by atoms with Gasteiger partial charge in [-0.05, 0) is 50.9 Å². The van der Waals surface area contributed by atoms with Crippen LogP contribution in [0.15, 0.2) is 12.1 Å². The van der Waals surface area contributed by atoms with Crippen LogP contribution < -0.4 is 14.8 Å². The van der Waals surface area contributed by atoms with Gasteiger partial charge in [0.15, 0.2) is 11.5 Å². The number of hydrogen-bond acceptors (Lipinski definition) is 3. The average Bonchev–Trinajstić information content (AvgIpc) is 2.39. The van der Waals surface area contributed by atoms with Crippen molar-refractivity contribution in [2.24, 2.45) is 0 Å². The Hall–Kier alpha value is -0.930. The summed E-state index contributed by atoms with van der Waals surface area (Å²) in [7, 11) is 1.96. The van der Waals surface area contributed by atoms with Gasteiger partial charge >= 0.3 is 0 Å². The minimum atomic E-state index is -0.0172. The van der Waals surface area contributed by atoms with E-state index in [1.807, 2.05) is 33.0 Å². The van der Waals surface area contributed by atoms with Gasteiger partial charge < -0.3 is 14.8 Å². The largest absolute Gasteiger partial charge is 0.490 e. The summed E-state index contributed by atoms with van der Waals surface area (Å²) >= 11 is 6.44. The predicted octanol–water partition coefficient (Wildman–Crippen LogP) is 4.02. The van der Waals surface area contributed by atoms with Crippen molar-refractivity contribution >= 4 is 11.6 Å². The lowest BCUT2D eigenvalue weighted by molar-refractivity contribution is 0.286. The summed E-state index contributed by atoms with van der Waals surface area (Å²) in [5.41, 5.74) is 1.08. The second-order valence-electron chi connectivity index (χ2n) is 5.38. The van der Waals surface area contributed by atoms with E-state index in [-0.39, 0.29) is 5.41 Å². The van der Waals surface area contributed by atoms with Gasteiger partial charge in [-0.25, -0.2) is 0 Å². The Morgan fingerprint density at radius 3 is 2.15 bits per heavy atom. The van der Waals surface area contributed by atoms with E-state index in [0.717, 1.165) is 29.3 Å². The van der Waals surface area contributed by atoms with Crippen LogP contribution in [0.1, 0.15) is 39.7 Å². The van der Waals surface area contributed by atoms with E-state index in [1.165, 1.54) is 0 Å². The summed E-state index contributed by atoms with van der Waals surface area (Å²) in [6.07, 6.45) is 1.00. The molecule has 1 aromatic rings. The summed E-state index contributed by atoms with van der Waals surface area (Å²) in [6.45, 7) is 10.5. The minimum absolute atomic E-state index is 0.0172. The zero-order valence-corrected chi connectivity index (χ0v) is 13.9. The maximum Gasteiger partial charge on any atom is 0.162 e. The molecule has 114 valence electrons. The van der Waals surface area contributed by atoms with Gasteiger partial charge in [0, 0.05) is 11.1 Å². The molecule has 1 aromatic carbocycles. The fraction of sp³-hybridized carbons (Fsp3) is 0.625. The second kappa shape index (κ2) is 7.75. The minimum Gasteiger partial charge on any atom is -0.490 e. The first-order valence-corrected chi connectivity index (χ1v) is 7.58. The number of hydrogen-bond donors (Lipinski definition) is 1. The summed E-state index contributed by atoms with van der Waals surface area (Å²) in [5.74, 6) is 1.48. The van der Waals surface area contributed by atoms with Crippen molar-refractivity contribution in [2.75, 3.05) is 26.8 Å². The third-order valence-electron chi connectivity index (χ3n) is 3.36. The molecule has 1 N–H and O–H groups in total. The first-order valence-electron chi connectivity index (χ1n) is 7.20. The van der Waals surface area contributed by atoms with Crippen LogP contribution in [0, 0.1) is 0 Å². The van der Waals surface area contributed by atoms with Gasteiger partial charge in [0.25, 0.3) is 0 Å². The first kappa shape index (κ1) is 17.1. The van der Waals surface area contributed by atoms with Gasteiger partial charge in [-0.3, -0.25) is 0 Å². The Labute approximate surface area is 127 Å². The van der Waals surface area contributed by atoms with Crippen LogP contribution >= 0.6 is 11.6 Å². The third-order valence-corrected chi connectivity index (χ3v) is 3.67. The molecule has 0 atom stereocenters. The van der Waals surface area contributed by atoms with Crippen LogP contribution in [-0.4, -0.2) is 26.8 Å². The van der Waals surface area contributed by atoms with Crippen LogP contribution in [0.2, 0.25) is 5.02 Å².